The van der Waals surface area contributed by atoms with Gasteiger partial charge in [-0.2, -0.15) is 0 Å². The molecule has 1 fully saturated rings. The molecule has 2 aromatic heterocycles. The zero-order valence-electron chi connectivity index (χ0n) is 18.4. The Morgan fingerprint density at radius 1 is 1.21 bits per heavy atom. The molecular formula is C22H25BrClN5O5. The summed E-state index contributed by atoms with van der Waals surface area (Å²) in [6.07, 6.45) is 8.63. The molecular weight excluding hydrogens is 530 g/mol. The molecule has 0 radical (unpaired) electrons. The quantitative estimate of drug-likeness (QED) is 0.336. The Bertz CT molecular complexity index is 1110. The summed E-state index contributed by atoms with van der Waals surface area (Å²) >= 11 is 9.38. The van der Waals surface area contributed by atoms with Crippen LogP contribution < -0.4 is 16.2 Å². The third-order valence-corrected chi connectivity index (χ3v) is 5.48. The highest BCUT2D eigenvalue weighted by Gasteiger charge is 2.16. The smallest absolute Gasteiger partial charge is 0.320 e. The Kier molecular flexibility index (Phi) is 11.4. The summed E-state index contributed by atoms with van der Waals surface area (Å²) in [4.78, 5) is 35.6. The minimum Gasteiger partial charge on any atom is -0.400 e. The van der Waals surface area contributed by atoms with Crippen molar-refractivity contribution in [2.24, 2.45) is 5.92 Å². The first kappa shape index (κ1) is 27.2. The van der Waals surface area contributed by atoms with Crippen LogP contribution in [0.25, 0.3) is 0 Å². The van der Waals surface area contributed by atoms with Crippen molar-refractivity contribution < 1.29 is 19.1 Å². The Morgan fingerprint density at radius 2 is 1.94 bits per heavy atom. The van der Waals surface area contributed by atoms with E-state index in [4.69, 9.17) is 21.1 Å². The number of aldehydes is 1. The number of rotatable bonds is 5. The molecule has 1 aromatic carbocycles. The van der Waals surface area contributed by atoms with Crippen LogP contribution in [0.15, 0.2) is 50.2 Å². The number of aromatic amines is 1. The first-order chi connectivity index (χ1) is 16.4. The first-order valence-electron chi connectivity index (χ1n) is 10.4. The van der Waals surface area contributed by atoms with Crippen LogP contribution in [0.1, 0.15) is 42.8 Å². The molecule has 0 bridgehead atoms. The van der Waals surface area contributed by atoms with E-state index in [9.17, 15) is 14.4 Å². The van der Waals surface area contributed by atoms with E-state index in [1.54, 1.807) is 18.2 Å². The monoisotopic (exact) mass is 553 g/mol. The van der Waals surface area contributed by atoms with Gasteiger partial charge in [0, 0.05) is 29.8 Å². The Balaban J connectivity index is 0.000000343. The van der Waals surface area contributed by atoms with Gasteiger partial charge in [-0.05, 0) is 37.1 Å². The van der Waals surface area contributed by atoms with E-state index < -0.39 is 5.91 Å². The van der Waals surface area contributed by atoms with Crippen molar-refractivity contribution >= 4 is 57.1 Å². The van der Waals surface area contributed by atoms with Crippen LogP contribution in [0.3, 0.4) is 0 Å². The van der Waals surface area contributed by atoms with Gasteiger partial charge in [0.15, 0.2) is 0 Å². The van der Waals surface area contributed by atoms with Crippen LogP contribution >= 0.6 is 27.5 Å². The molecule has 10 nitrogen and oxygen atoms in total. The predicted molar refractivity (Wildman–Crippen MR) is 133 cm³/mol. The number of carbonyl (C=O) groups is 2. The molecule has 1 aliphatic rings. The molecule has 4 rings (SSSR count). The number of hydrogen-bond acceptors (Lipinski definition) is 8. The highest BCUT2D eigenvalue weighted by atomic mass is 79.9. The van der Waals surface area contributed by atoms with Gasteiger partial charge in [-0.1, -0.05) is 51.9 Å². The van der Waals surface area contributed by atoms with Crippen molar-refractivity contribution in [3.63, 3.8) is 0 Å². The summed E-state index contributed by atoms with van der Waals surface area (Å²) in [6, 6.07) is 7.96. The molecule has 0 spiro atoms. The normalized spacial score (nSPS) is 12.9. The summed E-state index contributed by atoms with van der Waals surface area (Å²) < 4.78 is 6.07. The molecule has 2 heterocycles. The number of aliphatic hydroxyl groups is 1. The van der Waals surface area contributed by atoms with Crippen molar-refractivity contribution in [3.05, 3.63) is 62.3 Å². The fourth-order valence-corrected chi connectivity index (χ4v) is 3.74. The second-order valence-corrected chi connectivity index (χ2v) is 8.41. The van der Waals surface area contributed by atoms with Gasteiger partial charge in [-0.25, -0.2) is 0 Å². The molecule has 0 aliphatic heterocycles. The average molecular weight is 555 g/mol. The van der Waals surface area contributed by atoms with Gasteiger partial charge >= 0.3 is 17.8 Å². The van der Waals surface area contributed by atoms with Crippen molar-refractivity contribution in [3.8, 4) is 0 Å². The second-order valence-electron chi connectivity index (χ2n) is 7.09. The predicted octanol–water partition coefficient (Wildman–Crippen LogP) is 4.54. The first-order valence-corrected chi connectivity index (χ1v) is 11.6. The van der Waals surface area contributed by atoms with Crippen LogP contribution in [0, 0.1) is 5.92 Å². The third kappa shape index (κ3) is 8.73. The van der Waals surface area contributed by atoms with E-state index in [0.717, 1.165) is 30.7 Å². The van der Waals surface area contributed by atoms with Crippen LogP contribution in [-0.2, 0) is 4.79 Å². The number of aromatic nitrogens is 3. The van der Waals surface area contributed by atoms with Crippen molar-refractivity contribution in [2.75, 3.05) is 17.7 Å². The second kappa shape index (κ2) is 14.3. The number of aliphatic hydroxyl groups excluding tert-OH is 1. The zero-order valence-corrected chi connectivity index (χ0v) is 20.7. The van der Waals surface area contributed by atoms with E-state index in [-0.39, 0.29) is 17.5 Å². The van der Waals surface area contributed by atoms with E-state index in [2.05, 4.69) is 41.7 Å². The largest absolute Gasteiger partial charge is 0.400 e. The fraction of sp³-hybridized carbons (Fsp3) is 0.318. The van der Waals surface area contributed by atoms with E-state index in [1.807, 2.05) is 0 Å². The van der Waals surface area contributed by atoms with Crippen LogP contribution in [0.5, 0.6) is 0 Å². The SMILES string of the molecule is CO.O=C(Nc1ccc(=O)[nH]c1)c1nnc(Nc2ccc(Br)cc2Cl)o1.O=CC1CCCCC1. The van der Waals surface area contributed by atoms with Gasteiger partial charge in [0.1, 0.15) is 6.29 Å². The number of nitrogens with one attached hydrogen (secondary N) is 3. The van der Waals surface area contributed by atoms with Crippen molar-refractivity contribution in [1.29, 1.82) is 0 Å². The number of hydrogen-bond donors (Lipinski definition) is 4. The summed E-state index contributed by atoms with van der Waals surface area (Å²) in [7, 11) is 1.00. The number of halogens is 2. The molecule has 34 heavy (non-hydrogen) atoms. The lowest BCUT2D eigenvalue weighted by Crippen LogP contribution is -2.14. The van der Waals surface area contributed by atoms with Crippen LogP contribution in [0.4, 0.5) is 17.4 Å². The van der Waals surface area contributed by atoms with Crippen molar-refractivity contribution in [1.82, 2.24) is 15.2 Å². The fourth-order valence-electron chi connectivity index (χ4n) is 3.01. The lowest BCUT2D eigenvalue weighted by molar-refractivity contribution is -0.111. The van der Waals surface area contributed by atoms with Gasteiger partial charge in [-0.3, -0.25) is 9.59 Å². The highest BCUT2D eigenvalue weighted by molar-refractivity contribution is 9.10. The zero-order chi connectivity index (χ0) is 24.9. The maximum Gasteiger partial charge on any atom is 0.320 e. The lowest BCUT2D eigenvalue weighted by atomic mass is 9.91. The molecule has 1 aliphatic carbocycles. The summed E-state index contributed by atoms with van der Waals surface area (Å²) in [5, 5.41) is 20.2. The standard InChI is InChI=1S/C14H9BrClN5O3.C7H12O.CH4O/c15-7-1-3-10(9(16)5-7)19-14-21-20-13(24-14)12(23)18-8-2-4-11(22)17-6-8;8-6-7-4-2-1-3-5-7;1-2/h1-6H,(H,17,22)(H,18,23)(H,19,21);6-7H,1-5H2;2H,1H3. The third-order valence-electron chi connectivity index (χ3n) is 4.68. The number of benzene rings is 1. The van der Waals surface area contributed by atoms with Gasteiger partial charge in [-0.15, -0.1) is 5.10 Å². The minimum absolute atomic E-state index is 0.0193. The van der Waals surface area contributed by atoms with Gasteiger partial charge in [0.25, 0.3) is 0 Å². The lowest BCUT2D eigenvalue weighted by Gasteiger charge is -2.14. The van der Waals surface area contributed by atoms with Crippen LogP contribution in [0.2, 0.25) is 5.02 Å². The Morgan fingerprint density at radius 3 is 2.53 bits per heavy atom. The maximum atomic E-state index is 12.0. The number of anilines is 3. The highest BCUT2D eigenvalue weighted by Crippen LogP contribution is 2.28. The number of H-pyrrole nitrogens is 1. The molecule has 4 N–H and O–H groups in total. The summed E-state index contributed by atoms with van der Waals surface area (Å²) in [5.74, 6) is -0.440. The van der Waals surface area contributed by atoms with Crippen LogP contribution in [-0.4, -0.2) is 39.6 Å². The molecule has 3 aromatic rings. The van der Waals surface area contributed by atoms with Gasteiger partial charge in [0.05, 0.1) is 16.4 Å². The molecule has 0 saturated heterocycles. The molecule has 1 amide bonds. The van der Waals surface area contributed by atoms with Gasteiger partial charge < -0.3 is 29.9 Å². The number of pyridine rings is 1. The number of amides is 1. The number of nitrogens with zero attached hydrogens (tertiary/aromatic N) is 2. The van der Waals surface area contributed by atoms with E-state index in [1.165, 1.54) is 37.6 Å². The topological polar surface area (TPSA) is 150 Å². The van der Waals surface area contributed by atoms with E-state index >= 15 is 0 Å². The molecule has 0 unspecified atom stereocenters. The summed E-state index contributed by atoms with van der Waals surface area (Å²) in [5.41, 5.74) is 0.669. The number of carbonyl (C=O) groups excluding carboxylic acids is 2. The molecule has 182 valence electrons. The Hall–Kier alpha value is -3.02. The Labute approximate surface area is 209 Å². The van der Waals surface area contributed by atoms with Gasteiger partial charge in [0.2, 0.25) is 5.56 Å². The average Bonchev–Trinajstić information content (AvgIpc) is 3.33. The minimum atomic E-state index is -0.607. The molecule has 1 saturated carbocycles. The maximum absolute atomic E-state index is 12.0. The van der Waals surface area contributed by atoms with E-state index in [0.29, 0.717) is 22.3 Å². The van der Waals surface area contributed by atoms with Crippen molar-refractivity contribution in [2.45, 2.75) is 32.1 Å². The molecule has 12 heteroatoms. The molecule has 0 atom stereocenters. The summed E-state index contributed by atoms with van der Waals surface area (Å²) in [6.45, 7) is 0.